The van der Waals surface area contributed by atoms with Gasteiger partial charge in [0.15, 0.2) is 0 Å². The van der Waals surface area contributed by atoms with Crippen LogP contribution in [0.15, 0.2) is 45.1 Å². The Hall–Kier alpha value is -2.71. The lowest BCUT2D eigenvalue weighted by atomic mass is 10.1. The van der Waals surface area contributed by atoms with Crippen LogP contribution in [0.3, 0.4) is 0 Å². The lowest BCUT2D eigenvalue weighted by Crippen LogP contribution is -2.14. The number of benzene rings is 1. The third-order valence-electron chi connectivity index (χ3n) is 4.19. The van der Waals surface area contributed by atoms with Gasteiger partial charge in [-0.05, 0) is 48.6 Å². The number of unbranched alkanes of at least 4 members (excludes halogenated alkanes) is 1. The average Bonchev–Trinajstić information content (AvgIpc) is 3.26. The predicted octanol–water partition coefficient (Wildman–Crippen LogP) is 3.97. The molecule has 0 bridgehead atoms. The minimum atomic E-state index is -0.674. The molecule has 0 atom stereocenters. The zero-order valence-corrected chi connectivity index (χ0v) is 17.4. The maximum atomic E-state index is 11.6. The van der Waals surface area contributed by atoms with E-state index in [1.165, 1.54) is 17.4 Å². The zero-order chi connectivity index (χ0) is 20.1. The number of thiazole rings is 1. The highest BCUT2D eigenvalue weighted by Crippen LogP contribution is 2.26. The van der Waals surface area contributed by atoms with E-state index < -0.39 is 5.91 Å². The smallest absolute Gasteiger partial charge is 0.252 e. The number of phenols is 1. The first kappa shape index (κ1) is 20.0. The summed E-state index contributed by atoms with van der Waals surface area (Å²) in [4.78, 5) is 18.1. The maximum absolute atomic E-state index is 11.6. The van der Waals surface area contributed by atoms with Gasteiger partial charge in [-0.15, -0.1) is 22.7 Å². The predicted molar refractivity (Wildman–Crippen MR) is 115 cm³/mol. The Morgan fingerprint density at radius 3 is 2.82 bits per heavy atom. The number of carbonyl (C=O) groups is 1. The van der Waals surface area contributed by atoms with Crippen molar-refractivity contribution in [1.29, 1.82) is 0 Å². The highest BCUT2D eigenvalue weighted by molar-refractivity contribution is 7.11. The Morgan fingerprint density at radius 1 is 1.32 bits per heavy atom. The fourth-order valence-corrected chi connectivity index (χ4v) is 4.21. The van der Waals surface area contributed by atoms with Crippen LogP contribution in [0.5, 0.6) is 5.75 Å². The summed E-state index contributed by atoms with van der Waals surface area (Å²) in [6.45, 7) is 4.90. The topological polar surface area (TPSA) is 93.0 Å². The molecule has 0 spiro atoms. The van der Waals surface area contributed by atoms with Gasteiger partial charge in [0.2, 0.25) is 4.80 Å². The van der Waals surface area contributed by atoms with E-state index in [0.29, 0.717) is 0 Å². The molecule has 0 unspecified atom stereocenters. The number of nitrogens with two attached hydrogens (primary N) is 1. The summed E-state index contributed by atoms with van der Waals surface area (Å²) in [5.74, 6) is -0.810. The molecule has 0 saturated carbocycles. The van der Waals surface area contributed by atoms with Crippen LogP contribution in [-0.4, -0.2) is 28.4 Å². The van der Waals surface area contributed by atoms with Gasteiger partial charge in [0.05, 0.1) is 22.3 Å². The molecule has 1 amide bonds. The van der Waals surface area contributed by atoms with Crippen LogP contribution in [-0.2, 0) is 0 Å². The van der Waals surface area contributed by atoms with Crippen molar-refractivity contribution in [3.8, 4) is 17.0 Å². The van der Waals surface area contributed by atoms with Crippen LogP contribution < -0.4 is 10.5 Å². The molecule has 3 rings (SSSR count). The number of aryl methyl sites for hydroxylation is 1. The zero-order valence-electron chi connectivity index (χ0n) is 15.8. The lowest BCUT2D eigenvalue weighted by Gasteiger charge is -2.06. The van der Waals surface area contributed by atoms with E-state index in [1.807, 2.05) is 23.9 Å². The molecule has 2 heterocycles. The summed E-state index contributed by atoms with van der Waals surface area (Å²) in [6.07, 6.45) is 3.90. The van der Waals surface area contributed by atoms with Crippen molar-refractivity contribution in [2.75, 3.05) is 6.54 Å². The molecular formula is C20H22N4O2S2. The van der Waals surface area contributed by atoms with E-state index in [4.69, 9.17) is 5.73 Å². The highest BCUT2D eigenvalue weighted by atomic mass is 32.1. The largest absolute Gasteiger partial charge is 0.507 e. The number of amides is 1. The number of thiophene rings is 1. The first-order valence-corrected chi connectivity index (χ1v) is 10.7. The number of hydrogen-bond acceptors (Lipinski definition) is 6. The van der Waals surface area contributed by atoms with E-state index in [-0.39, 0.29) is 11.3 Å². The average molecular weight is 415 g/mol. The van der Waals surface area contributed by atoms with Gasteiger partial charge in [-0.3, -0.25) is 9.79 Å². The van der Waals surface area contributed by atoms with Crippen molar-refractivity contribution < 1.29 is 9.90 Å². The summed E-state index contributed by atoms with van der Waals surface area (Å²) in [5.41, 5.74) is 8.14. The van der Waals surface area contributed by atoms with Gasteiger partial charge in [-0.2, -0.15) is 5.10 Å². The molecule has 28 heavy (non-hydrogen) atoms. The third kappa shape index (κ3) is 4.40. The first-order valence-electron chi connectivity index (χ1n) is 8.94. The monoisotopic (exact) mass is 414 g/mol. The van der Waals surface area contributed by atoms with E-state index >= 15 is 0 Å². The quantitative estimate of drug-likeness (QED) is 0.452. The van der Waals surface area contributed by atoms with Crippen molar-refractivity contribution in [3.63, 3.8) is 0 Å². The van der Waals surface area contributed by atoms with E-state index in [9.17, 15) is 9.90 Å². The Kier molecular flexibility index (Phi) is 6.43. The fraction of sp³-hybridized carbons (Fsp3) is 0.250. The number of aromatic hydroxyl groups is 1. The Labute approximate surface area is 171 Å². The van der Waals surface area contributed by atoms with Gasteiger partial charge >= 0.3 is 0 Å². The van der Waals surface area contributed by atoms with Crippen LogP contribution >= 0.6 is 22.7 Å². The standard InChI is InChI=1S/C20H22N4O2S2/c1-3-4-8-22-20-24(23-11-18-13(2)7-9-27-18)16(12-28-20)14-5-6-17(25)15(10-14)19(21)26/h5-7,9-12,25H,3-4,8H2,1-2H3,(H2,21,26)/b22-20?,23-11-. The number of nitrogens with zero attached hydrogens (tertiary/aromatic N) is 3. The second kappa shape index (κ2) is 8.99. The molecule has 1 aromatic carbocycles. The van der Waals surface area contributed by atoms with E-state index in [2.05, 4.69) is 23.1 Å². The second-order valence-electron chi connectivity index (χ2n) is 6.26. The summed E-state index contributed by atoms with van der Waals surface area (Å²) in [6, 6.07) is 6.84. The number of rotatable bonds is 7. The van der Waals surface area contributed by atoms with Crippen LogP contribution in [0.25, 0.3) is 11.3 Å². The van der Waals surface area contributed by atoms with Crippen LogP contribution in [0, 0.1) is 6.92 Å². The molecule has 0 radical (unpaired) electrons. The normalized spacial score (nSPS) is 12.1. The van der Waals surface area contributed by atoms with Gasteiger partial charge in [-0.1, -0.05) is 13.3 Å². The van der Waals surface area contributed by atoms with Crippen molar-refractivity contribution >= 4 is 34.8 Å². The maximum Gasteiger partial charge on any atom is 0.252 e. The molecule has 0 saturated heterocycles. The summed E-state index contributed by atoms with van der Waals surface area (Å²) < 4.78 is 1.77. The molecular weight excluding hydrogens is 392 g/mol. The molecule has 0 aliphatic rings. The molecule has 0 fully saturated rings. The second-order valence-corrected chi connectivity index (χ2v) is 8.04. The Balaban J connectivity index is 2.10. The van der Waals surface area contributed by atoms with Gasteiger partial charge in [0.1, 0.15) is 5.75 Å². The number of primary amides is 1. The Morgan fingerprint density at radius 2 is 2.14 bits per heavy atom. The summed E-state index contributed by atoms with van der Waals surface area (Å²) >= 11 is 3.11. The number of hydrogen-bond donors (Lipinski definition) is 2. The molecule has 0 aliphatic heterocycles. The first-order chi connectivity index (χ1) is 13.5. The van der Waals surface area contributed by atoms with Crippen LogP contribution in [0.1, 0.15) is 40.6 Å². The minimum absolute atomic E-state index is 0.0813. The van der Waals surface area contributed by atoms with Crippen molar-refractivity contribution in [2.45, 2.75) is 26.7 Å². The lowest BCUT2D eigenvalue weighted by molar-refractivity contribution is 0.0998. The van der Waals surface area contributed by atoms with E-state index in [1.54, 1.807) is 28.1 Å². The third-order valence-corrected chi connectivity index (χ3v) is 6.00. The van der Waals surface area contributed by atoms with Crippen molar-refractivity contribution in [1.82, 2.24) is 4.68 Å². The van der Waals surface area contributed by atoms with E-state index in [0.717, 1.165) is 45.9 Å². The molecule has 3 N–H and O–H groups in total. The van der Waals surface area contributed by atoms with Crippen molar-refractivity contribution in [3.05, 3.63) is 55.8 Å². The summed E-state index contributed by atoms with van der Waals surface area (Å²) in [7, 11) is 0. The Bertz CT molecular complexity index is 1080. The minimum Gasteiger partial charge on any atom is -0.507 e. The molecule has 3 aromatic rings. The fourth-order valence-electron chi connectivity index (χ4n) is 2.57. The number of aromatic nitrogens is 1. The molecule has 146 valence electrons. The molecule has 2 aromatic heterocycles. The van der Waals surface area contributed by atoms with Gasteiger partial charge < -0.3 is 10.8 Å². The molecule has 0 aliphatic carbocycles. The van der Waals surface area contributed by atoms with Crippen molar-refractivity contribution in [2.24, 2.45) is 15.8 Å². The van der Waals surface area contributed by atoms with Gasteiger partial charge in [-0.25, -0.2) is 4.68 Å². The van der Waals surface area contributed by atoms with Gasteiger partial charge in [0.25, 0.3) is 5.91 Å². The summed E-state index contributed by atoms with van der Waals surface area (Å²) in [5, 5.41) is 18.5. The van der Waals surface area contributed by atoms with Gasteiger partial charge in [0, 0.05) is 17.5 Å². The van der Waals surface area contributed by atoms with Crippen LogP contribution in [0.2, 0.25) is 0 Å². The molecule has 6 nitrogen and oxygen atoms in total. The molecule has 8 heteroatoms. The SMILES string of the molecule is CCCCN=c1scc(-c2ccc(O)c(C(N)=O)c2)n1/N=C\c1sccc1C. The number of carbonyl (C=O) groups excluding carboxylic acids is 1. The van der Waals surface area contributed by atoms with Crippen LogP contribution in [0.4, 0.5) is 0 Å². The highest BCUT2D eigenvalue weighted by Gasteiger charge is 2.13.